The topological polar surface area (TPSA) is 44.8 Å². The van der Waals surface area contributed by atoms with E-state index >= 15 is 0 Å². The summed E-state index contributed by atoms with van der Waals surface area (Å²) in [5.41, 5.74) is 0. The van der Waals surface area contributed by atoms with Gasteiger partial charge in [-0.1, -0.05) is 6.08 Å². The van der Waals surface area contributed by atoms with E-state index in [0.717, 1.165) is 0 Å². The standard InChI is InChI=1S/C11H20O4/c1-5-6-14-9(2)7-13-8-10(3)15-11(4)12/h5,9-10H,1,6-8H2,2-4H3. The molecule has 0 rings (SSSR count). The maximum Gasteiger partial charge on any atom is 0.302 e. The molecule has 0 aliphatic carbocycles. The first-order chi connectivity index (χ1) is 7.06. The van der Waals surface area contributed by atoms with Crippen molar-refractivity contribution in [1.82, 2.24) is 0 Å². The Balaban J connectivity index is 3.43. The Bertz CT molecular complexity index is 191. The van der Waals surface area contributed by atoms with E-state index in [2.05, 4.69) is 6.58 Å². The molecule has 88 valence electrons. The minimum Gasteiger partial charge on any atom is -0.460 e. The zero-order valence-electron chi connectivity index (χ0n) is 9.69. The van der Waals surface area contributed by atoms with E-state index in [4.69, 9.17) is 14.2 Å². The fourth-order valence-corrected chi connectivity index (χ4v) is 0.998. The van der Waals surface area contributed by atoms with Crippen LogP contribution >= 0.6 is 0 Å². The first-order valence-electron chi connectivity index (χ1n) is 5.03. The number of carbonyl (C=O) groups excluding carboxylic acids is 1. The average molecular weight is 216 g/mol. The van der Waals surface area contributed by atoms with Gasteiger partial charge in [-0.25, -0.2) is 0 Å². The summed E-state index contributed by atoms with van der Waals surface area (Å²) in [4.78, 5) is 10.6. The molecule has 0 N–H and O–H groups in total. The van der Waals surface area contributed by atoms with Crippen LogP contribution in [0.1, 0.15) is 20.8 Å². The van der Waals surface area contributed by atoms with E-state index in [1.807, 2.05) is 6.92 Å². The van der Waals surface area contributed by atoms with Gasteiger partial charge in [0.2, 0.25) is 0 Å². The summed E-state index contributed by atoms with van der Waals surface area (Å²) in [5.74, 6) is -0.290. The Labute approximate surface area is 91.2 Å². The Kier molecular flexibility index (Phi) is 7.95. The van der Waals surface area contributed by atoms with E-state index in [1.54, 1.807) is 13.0 Å². The third-order valence-electron chi connectivity index (χ3n) is 1.57. The lowest BCUT2D eigenvalue weighted by Gasteiger charge is -2.15. The molecule has 4 heteroatoms. The Morgan fingerprint density at radius 3 is 2.47 bits per heavy atom. The zero-order chi connectivity index (χ0) is 11.7. The summed E-state index contributed by atoms with van der Waals surface area (Å²) < 4.78 is 15.5. The third-order valence-corrected chi connectivity index (χ3v) is 1.57. The van der Waals surface area contributed by atoms with Gasteiger partial charge in [-0.15, -0.1) is 6.58 Å². The van der Waals surface area contributed by atoms with Crippen molar-refractivity contribution in [2.75, 3.05) is 19.8 Å². The molecule has 0 bridgehead atoms. The number of esters is 1. The summed E-state index contributed by atoms with van der Waals surface area (Å²) in [7, 11) is 0. The predicted octanol–water partition coefficient (Wildman–Crippen LogP) is 1.55. The van der Waals surface area contributed by atoms with Gasteiger partial charge >= 0.3 is 5.97 Å². The highest BCUT2D eigenvalue weighted by Crippen LogP contribution is 1.96. The molecule has 0 radical (unpaired) electrons. The van der Waals surface area contributed by atoms with Gasteiger partial charge in [-0.2, -0.15) is 0 Å². The van der Waals surface area contributed by atoms with E-state index in [1.165, 1.54) is 6.92 Å². The lowest BCUT2D eigenvalue weighted by atomic mass is 10.4. The van der Waals surface area contributed by atoms with Gasteiger partial charge in [0.25, 0.3) is 0 Å². The average Bonchev–Trinajstić information content (AvgIpc) is 2.13. The first-order valence-corrected chi connectivity index (χ1v) is 5.03. The molecule has 0 fully saturated rings. The normalized spacial score (nSPS) is 14.3. The smallest absolute Gasteiger partial charge is 0.302 e. The van der Waals surface area contributed by atoms with Gasteiger partial charge < -0.3 is 14.2 Å². The lowest BCUT2D eigenvalue weighted by molar-refractivity contribution is -0.148. The van der Waals surface area contributed by atoms with Crippen molar-refractivity contribution in [2.24, 2.45) is 0 Å². The van der Waals surface area contributed by atoms with Gasteiger partial charge in [0, 0.05) is 6.92 Å². The SMILES string of the molecule is C=CCOC(C)COCC(C)OC(C)=O. The second kappa shape index (κ2) is 8.44. The van der Waals surface area contributed by atoms with Gasteiger partial charge in [0.15, 0.2) is 0 Å². The fourth-order valence-electron chi connectivity index (χ4n) is 0.998. The third kappa shape index (κ3) is 9.43. The molecular weight excluding hydrogens is 196 g/mol. The van der Waals surface area contributed by atoms with Gasteiger partial charge in [0.05, 0.1) is 25.9 Å². The van der Waals surface area contributed by atoms with Crippen LogP contribution < -0.4 is 0 Å². The van der Waals surface area contributed by atoms with E-state index < -0.39 is 0 Å². The largest absolute Gasteiger partial charge is 0.460 e. The maximum atomic E-state index is 10.6. The van der Waals surface area contributed by atoms with Crippen LogP contribution in [0.25, 0.3) is 0 Å². The molecule has 0 spiro atoms. The molecule has 0 amide bonds. The maximum absolute atomic E-state index is 10.6. The van der Waals surface area contributed by atoms with Crippen molar-refractivity contribution in [3.63, 3.8) is 0 Å². The van der Waals surface area contributed by atoms with Crippen LogP contribution in [0.3, 0.4) is 0 Å². The van der Waals surface area contributed by atoms with Crippen LogP contribution in [0.2, 0.25) is 0 Å². The van der Waals surface area contributed by atoms with Gasteiger partial charge in [-0.05, 0) is 13.8 Å². The molecule has 0 aliphatic rings. The predicted molar refractivity (Wildman–Crippen MR) is 57.7 cm³/mol. The van der Waals surface area contributed by atoms with Crippen molar-refractivity contribution < 1.29 is 19.0 Å². The molecule has 0 aliphatic heterocycles. The molecule has 15 heavy (non-hydrogen) atoms. The highest BCUT2D eigenvalue weighted by Gasteiger charge is 2.07. The second-order valence-electron chi connectivity index (χ2n) is 3.39. The van der Waals surface area contributed by atoms with E-state index in [0.29, 0.717) is 19.8 Å². The van der Waals surface area contributed by atoms with Crippen LogP contribution in [0.5, 0.6) is 0 Å². The molecule has 0 aromatic heterocycles. The van der Waals surface area contributed by atoms with Crippen LogP contribution in [0.15, 0.2) is 12.7 Å². The lowest BCUT2D eigenvalue weighted by Crippen LogP contribution is -2.23. The Morgan fingerprint density at radius 1 is 1.33 bits per heavy atom. The Hall–Kier alpha value is -0.870. The molecular formula is C11H20O4. The summed E-state index contributed by atoms with van der Waals surface area (Å²) in [6.07, 6.45) is 1.50. The number of hydrogen-bond acceptors (Lipinski definition) is 4. The van der Waals surface area contributed by atoms with Crippen LogP contribution in [-0.4, -0.2) is 38.0 Å². The van der Waals surface area contributed by atoms with Gasteiger partial charge in [-0.3, -0.25) is 4.79 Å². The number of hydrogen-bond donors (Lipinski definition) is 0. The zero-order valence-corrected chi connectivity index (χ0v) is 9.69. The van der Waals surface area contributed by atoms with Crippen molar-refractivity contribution in [3.8, 4) is 0 Å². The summed E-state index contributed by atoms with van der Waals surface area (Å²) in [6.45, 7) is 10.0. The van der Waals surface area contributed by atoms with Crippen LogP contribution in [0.4, 0.5) is 0 Å². The minimum absolute atomic E-state index is 0.0209. The molecule has 0 aromatic carbocycles. The van der Waals surface area contributed by atoms with E-state index in [9.17, 15) is 4.79 Å². The number of rotatable bonds is 8. The van der Waals surface area contributed by atoms with E-state index in [-0.39, 0.29) is 18.2 Å². The fraction of sp³-hybridized carbons (Fsp3) is 0.727. The monoisotopic (exact) mass is 216 g/mol. The van der Waals surface area contributed by atoms with Crippen molar-refractivity contribution in [2.45, 2.75) is 33.0 Å². The second-order valence-corrected chi connectivity index (χ2v) is 3.39. The quantitative estimate of drug-likeness (QED) is 0.456. The first kappa shape index (κ1) is 14.1. The molecule has 4 nitrogen and oxygen atoms in total. The van der Waals surface area contributed by atoms with Crippen molar-refractivity contribution in [3.05, 3.63) is 12.7 Å². The molecule has 0 saturated carbocycles. The summed E-state index contributed by atoms with van der Waals surface area (Å²) >= 11 is 0. The van der Waals surface area contributed by atoms with Gasteiger partial charge in [0.1, 0.15) is 6.10 Å². The molecule has 0 heterocycles. The van der Waals surface area contributed by atoms with Crippen LogP contribution in [0, 0.1) is 0 Å². The van der Waals surface area contributed by atoms with Crippen LogP contribution in [-0.2, 0) is 19.0 Å². The molecule has 0 aromatic rings. The minimum atomic E-state index is -0.290. The number of carbonyl (C=O) groups is 1. The summed E-state index contributed by atoms with van der Waals surface area (Å²) in [6, 6.07) is 0. The highest BCUT2D eigenvalue weighted by atomic mass is 16.6. The molecule has 2 atom stereocenters. The molecule has 0 saturated heterocycles. The summed E-state index contributed by atoms with van der Waals surface area (Å²) in [5, 5.41) is 0. The molecule has 2 unspecified atom stereocenters. The highest BCUT2D eigenvalue weighted by molar-refractivity contribution is 5.66. The number of ether oxygens (including phenoxy) is 3. The van der Waals surface area contributed by atoms with Crippen molar-refractivity contribution in [1.29, 1.82) is 0 Å². The van der Waals surface area contributed by atoms with Crippen molar-refractivity contribution >= 4 is 5.97 Å². The Morgan fingerprint density at radius 2 is 1.93 bits per heavy atom.